The highest BCUT2D eigenvalue weighted by Crippen LogP contribution is 2.25. The average Bonchev–Trinajstić information content (AvgIpc) is 2.55. The number of fused-ring (bicyclic) bond motifs is 1. The van der Waals surface area contributed by atoms with Crippen molar-refractivity contribution in [2.75, 3.05) is 19.8 Å². The van der Waals surface area contributed by atoms with Gasteiger partial charge in [-0.25, -0.2) is 0 Å². The Balaban J connectivity index is 2.01. The SMILES string of the molecule is CCc1nn(C2COC2)c2c1CCNC2. The maximum Gasteiger partial charge on any atom is 0.0989 e. The minimum atomic E-state index is 0.485. The van der Waals surface area contributed by atoms with Crippen LogP contribution in [-0.4, -0.2) is 29.5 Å². The number of ether oxygens (including phenoxy) is 1. The van der Waals surface area contributed by atoms with Crippen LogP contribution in [0.15, 0.2) is 0 Å². The molecule has 0 aliphatic carbocycles. The molecule has 15 heavy (non-hydrogen) atoms. The van der Waals surface area contributed by atoms with E-state index >= 15 is 0 Å². The van der Waals surface area contributed by atoms with E-state index in [1.807, 2.05) is 0 Å². The highest BCUT2D eigenvalue weighted by molar-refractivity contribution is 5.29. The second-order valence-corrected chi connectivity index (χ2v) is 4.29. The topological polar surface area (TPSA) is 39.1 Å². The molecule has 2 aliphatic heterocycles. The van der Waals surface area contributed by atoms with Gasteiger partial charge in [-0.3, -0.25) is 4.68 Å². The van der Waals surface area contributed by atoms with E-state index < -0.39 is 0 Å². The van der Waals surface area contributed by atoms with Crippen LogP contribution in [-0.2, 0) is 24.1 Å². The van der Waals surface area contributed by atoms with Gasteiger partial charge in [0.2, 0.25) is 0 Å². The highest BCUT2D eigenvalue weighted by Gasteiger charge is 2.28. The molecular formula is C11H17N3O. The van der Waals surface area contributed by atoms with Crippen molar-refractivity contribution in [1.29, 1.82) is 0 Å². The van der Waals surface area contributed by atoms with E-state index in [4.69, 9.17) is 9.84 Å². The first-order valence-electron chi connectivity index (χ1n) is 5.77. The fourth-order valence-corrected chi connectivity index (χ4v) is 2.40. The quantitative estimate of drug-likeness (QED) is 0.774. The lowest BCUT2D eigenvalue weighted by molar-refractivity contribution is -0.0301. The van der Waals surface area contributed by atoms with E-state index in [-0.39, 0.29) is 0 Å². The number of hydrogen-bond donors (Lipinski definition) is 1. The smallest absolute Gasteiger partial charge is 0.0989 e. The van der Waals surface area contributed by atoms with E-state index in [0.717, 1.165) is 39.1 Å². The second-order valence-electron chi connectivity index (χ2n) is 4.29. The minimum Gasteiger partial charge on any atom is -0.377 e. The Bertz CT molecular complexity index is 368. The van der Waals surface area contributed by atoms with Gasteiger partial charge in [-0.2, -0.15) is 5.10 Å². The lowest BCUT2D eigenvalue weighted by Gasteiger charge is -2.28. The average molecular weight is 207 g/mol. The molecule has 1 aromatic heterocycles. The number of hydrogen-bond acceptors (Lipinski definition) is 3. The molecule has 4 nitrogen and oxygen atoms in total. The van der Waals surface area contributed by atoms with Crippen LogP contribution < -0.4 is 5.32 Å². The maximum atomic E-state index is 5.24. The molecule has 3 rings (SSSR count). The lowest BCUT2D eigenvalue weighted by Crippen LogP contribution is -2.34. The van der Waals surface area contributed by atoms with E-state index in [0.29, 0.717) is 6.04 Å². The summed E-state index contributed by atoms with van der Waals surface area (Å²) in [6, 6.07) is 0.485. The molecule has 1 saturated heterocycles. The molecule has 0 aromatic carbocycles. The summed E-state index contributed by atoms with van der Waals surface area (Å²) in [7, 11) is 0. The van der Waals surface area contributed by atoms with Crippen molar-refractivity contribution in [3.63, 3.8) is 0 Å². The molecule has 1 N–H and O–H groups in total. The van der Waals surface area contributed by atoms with Crippen LogP contribution in [0.5, 0.6) is 0 Å². The Morgan fingerprint density at radius 3 is 3.07 bits per heavy atom. The van der Waals surface area contributed by atoms with Gasteiger partial charge >= 0.3 is 0 Å². The van der Waals surface area contributed by atoms with Gasteiger partial charge in [0.25, 0.3) is 0 Å². The molecule has 0 saturated carbocycles. The van der Waals surface area contributed by atoms with E-state index in [2.05, 4.69) is 16.9 Å². The van der Waals surface area contributed by atoms with Gasteiger partial charge in [0.1, 0.15) is 0 Å². The zero-order chi connectivity index (χ0) is 10.3. The lowest BCUT2D eigenvalue weighted by atomic mass is 10.0. The van der Waals surface area contributed by atoms with E-state index in [1.165, 1.54) is 17.0 Å². The number of aryl methyl sites for hydroxylation is 1. The van der Waals surface area contributed by atoms with Gasteiger partial charge in [0.15, 0.2) is 0 Å². The fourth-order valence-electron chi connectivity index (χ4n) is 2.40. The molecule has 0 unspecified atom stereocenters. The summed E-state index contributed by atoms with van der Waals surface area (Å²) in [5.41, 5.74) is 4.17. The van der Waals surface area contributed by atoms with Crippen LogP contribution in [0.2, 0.25) is 0 Å². The predicted molar refractivity (Wildman–Crippen MR) is 56.9 cm³/mol. The van der Waals surface area contributed by atoms with Gasteiger partial charge in [-0.05, 0) is 24.9 Å². The van der Waals surface area contributed by atoms with Crippen LogP contribution >= 0.6 is 0 Å². The summed E-state index contributed by atoms with van der Waals surface area (Å²) in [6.45, 7) is 5.91. The van der Waals surface area contributed by atoms with E-state index in [1.54, 1.807) is 0 Å². The summed E-state index contributed by atoms with van der Waals surface area (Å²) < 4.78 is 7.44. The number of nitrogens with zero attached hydrogens (tertiary/aromatic N) is 2. The van der Waals surface area contributed by atoms with Crippen molar-refractivity contribution in [3.8, 4) is 0 Å². The van der Waals surface area contributed by atoms with Gasteiger partial charge < -0.3 is 10.1 Å². The largest absolute Gasteiger partial charge is 0.377 e. The standard InChI is InChI=1S/C11H17N3O/c1-2-10-9-3-4-12-5-11(9)14(13-10)8-6-15-7-8/h8,12H,2-7H2,1H3. The van der Waals surface area contributed by atoms with Gasteiger partial charge in [0, 0.05) is 6.54 Å². The van der Waals surface area contributed by atoms with Crippen LogP contribution in [0.25, 0.3) is 0 Å². The summed E-state index contributed by atoms with van der Waals surface area (Å²) >= 11 is 0. The summed E-state index contributed by atoms with van der Waals surface area (Å²) in [6.07, 6.45) is 2.18. The van der Waals surface area contributed by atoms with Crippen molar-refractivity contribution >= 4 is 0 Å². The summed E-state index contributed by atoms with van der Waals surface area (Å²) in [5.74, 6) is 0. The molecule has 82 valence electrons. The Labute approximate surface area is 89.6 Å². The zero-order valence-corrected chi connectivity index (χ0v) is 9.12. The van der Waals surface area contributed by atoms with Crippen LogP contribution in [0.3, 0.4) is 0 Å². The first kappa shape index (κ1) is 9.36. The van der Waals surface area contributed by atoms with Gasteiger partial charge in [-0.1, -0.05) is 6.92 Å². The summed E-state index contributed by atoms with van der Waals surface area (Å²) in [4.78, 5) is 0. The molecule has 0 bridgehead atoms. The molecule has 1 aromatic rings. The van der Waals surface area contributed by atoms with Crippen LogP contribution in [0.4, 0.5) is 0 Å². The Kier molecular flexibility index (Phi) is 2.25. The number of nitrogens with one attached hydrogen (secondary N) is 1. The Morgan fingerprint density at radius 1 is 1.53 bits per heavy atom. The third-order valence-electron chi connectivity index (χ3n) is 3.35. The van der Waals surface area contributed by atoms with Crippen molar-refractivity contribution in [1.82, 2.24) is 15.1 Å². The van der Waals surface area contributed by atoms with Crippen molar-refractivity contribution < 1.29 is 4.74 Å². The monoisotopic (exact) mass is 207 g/mol. The van der Waals surface area contributed by atoms with Gasteiger partial charge in [-0.15, -0.1) is 0 Å². The predicted octanol–water partition coefficient (Wildman–Crippen LogP) is 0.662. The minimum absolute atomic E-state index is 0.485. The molecule has 0 radical (unpaired) electrons. The second kappa shape index (κ2) is 3.61. The first-order chi connectivity index (χ1) is 7.40. The molecule has 0 amide bonds. The molecule has 4 heteroatoms. The molecule has 3 heterocycles. The van der Waals surface area contributed by atoms with Crippen LogP contribution in [0, 0.1) is 0 Å². The van der Waals surface area contributed by atoms with Crippen LogP contribution in [0.1, 0.15) is 29.9 Å². The number of aromatic nitrogens is 2. The number of rotatable bonds is 2. The summed E-state index contributed by atoms with van der Waals surface area (Å²) in [5, 5.41) is 8.15. The Hall–Kier alpha value is -0.870. The molecule has 2 aliphatic rings. The molecular weight excluding hydrogens is 190 g/mol. The highest BCUT2D eigenvalue weighted by atomic mass is 16.5. The third kappa shape index (κ3) is 1.40. The maximum absolute atomic E-state index is 5.24. The molecule has 1 fully saturated rings. The Morgan fingerprint density at radius 2 is 2.40 bits per heavy atom. The first-order valence-corrected chi connectivity index (χ1v) is 5.77. The molecule has 0 atom stereocenters. The fraction of sp³-hybridized carbons (Fsp3) is 0.727. The van der Waals surface area contributed by atoms with Crippen molar-refractivity contribution in [2.45, 2.75) is 32.4 Å². The zero-order valence-electron chi connectivity index (χ0n) is 9.12. The van der Waals surface area contributed by atoms with E-state index in [9.17, 15) is 0 Å². The molecule has 0 spiro atoms. The normalized spacial score (nSPS) is 21.1. The van der Waals surface area contributed by atoms with Crippen molar-refractivity contribution in [2.24, 2.45) is 0 Å². The van der Waals surface area contributed by atoms with Gasteiger partial charge in [0.05, 0.1) is 30.6 Å². The van der Waals surface area contributed by atoms with Crippen molar-refractivity contribution in [3.05, 3.63) is 17.0 Å². The third-order valence-corrected chi connectivity index (χ3v) is 3.35.